The van der Waals surface area contributed by atoms with Crippen LogP contribution >= 0.6 is 0 Å². The smallest absolute Gasteiger partial charge is 0.416 e. The van der Waals surface area contributed by atoms with Crippen molar-refractivity contribution in [3.63, 3.8) is 0 Å². The van der Waals surface area contributed by atoms with Gasteiger partial charge in [0.2, 0.25) is 5.91 Å². The van der Waals surface area contributed by atoms with E-state index in [0.29, 0.717) is 0 Å². The number of halogens is 3. The molecule has 0 bridgehead atoms. The molecule has 0 aromatic heterocycles. The molecule has 4 nitrogen and oxygen atoms in total. The minimum atomic E-state index is -4.39. The summed E-state index contributed by atoms with van der Waals surface area (Å²) in [6.45, 7) is 0.563. The summed E-state index contributed by atoms with van der Waals surface area (Å²) in [5, 5.41) is 2.53. The molecule has 19 heavy (non-hydrogen) atoms. The molecule has 0 atom stereocenters. The van der Waals surface area contributed by atoms with E-state index in [1.807, 2.05) is 0 Å². The Morgan fingerprint density at radius 3 is 2.74 bits per heavy atom. The van der Waals surface area contributed by atoms with Gasteiger partial charge in [-0.05, 0) is 18.2 Å². The summed E-state index contributed by atoms with van der Waals surface area (Å²) >= 11 is 0. The molecule has 7 heteroatoms. The van der Waals surface area contributed by atoms with E-state index in [1.165, 1.54) is 12.1 Å². The standard InChI is InChI=1S/C12H15F3N2O2/c13-12(14,15)9-2-1-3-10(8-9)19-7-6-17-11(18)4-5-16/h1-3,8H,4-7,16H2,(H,17,18). The first-order chi connectivity index (χ1) is 8.93. The maximum absolute atomic E-state index is 12.4. The predicted octanol–water partition coefficient (Wildman–Crippen LogP) is 1.55. The van der Waals surface area contributed by atoms with Crippen molar-refractivity contribution >= 4 is 5.91 Å². The Morgan fingerprint density at radius 1 is 1.37 bits per heavy atom. The van der Waals surface area contributed by atoms with Gasteiger partial charge in [-0.25, -0.2) is 0 Å². The quantitative estimate of drug-likeness (QED) is 0.775. The van der Waals surface area contributed by atoms with Crippen molar-refractivity contribution in [1.29, 1.82) is 0 Å². The van der Waals surface area contributed by atoms with E-state index >= 15 is 0 Å². The van der Waals surface area contributed by atoms with E-state index in [-0.39, 0.29) is 37.8 Å². The zero-order chi connectivity index (χ0) is 14.3. The van der Waals surface area contributed by atoms with Gasteiger partial charge in [-0.15, -0.1) is 0 Å². The Hall–Kier alpha value is -1.76. The normalized spacial score (nSPS) is 11.2. The van der Waals surface area contributed by atoms with Crippen molar-refractivity contribution < 1.29 is 22.7 Å². The summed E-state index contributed by atoms with van der Waals surface area (Å²) in [5.74, 6) is -0.0990. The molecule has 0 unspecified atom stereocenters. The molecule has 0 aliphatic rings. The van der Waals surface area contributed by atoms with Crippen LogP contribution in [0.15, 0.2) is 24.3 Å². The first kappa shape index (κ1) is 15.3. The molecule has 1 amide bonds. The lowest BCUT2D eigenvalue weighted by atomic mass is 10.2. The third-order valence-corrected chi connectivity index (χ3v) is 2.23. The average Bonchev–Trinajstić information content (AvgIpc) is 2.34. The predicted molar refractivity (Wildman–Crippen MR) is 63.6 cm³/mol. The summed E-state index contributed by atoms with van der Waals surface area (Å²) in [7, 11) is 0. The third kappa shape index (κ3) is 5.60. The number of alkyl halides is 3. The van der Waals surface area contributed by atoms with Crippen LogP contribution in [0.1, 0.15) is 12.0 Å². The van der Waals surface area contributed by atoms with E-state index in [0.717, 1.165) is 12.1 Å². The van der Waals surface area contributed by atoms with Crippen LogP contribution in [0.5, 0.6) is 5.75 Å². The van der Waals surface area contributed by atoms with E-state index in [4.69, 9.17) is 10.5 Å². The number of ether oxygens (including phenoxy) is 1. The molecule has 0 saturated carbocycles. The lowest BCUT2D eigenvalue weighted by Gasteiger charge is -2.10. The van der Waals surface area contributed by atoms with E-state index in [9.17, 15) is 18.0 Å². The highest BCUT2D eigenvalue weighted by atomic mass is 19.4. The van der Waals surface area contributed by atoms with Gasteiger partial charge in [0.1, 0.15) is 12.4 Å². The molecule has 0 aliphatic carbocycles. The molecule has 106 valence electrons. The first-order valence-electron chi connectivity index (χ1n) is 5.70. The van der Waals surface area contributed by atoms with Crippen LogP contribution in [0.2, 0.25) is 0 Å². The molecule has 0 aliphatic heterocycles. The molecular formula is C12H15F3N2O2. The molecule has 0 fully saturated rings. The van der Waals surface area contributed by atoms with Crippen LogP contribution in [0, 0.1) is 0 Å². The Labute approximate surface area is 108 Å². The molecule has 0 spiro atoms. The first-order valence-corrected chi connectivity index (χ1v) is 5.70. The van der Waals surface area contributed by atoms with Gasteiger partial charge >= 0.3 is 6.18 Å². The Morgan fingerprint density at radius 2 is 2.11 bits per heavy atom. The van der Waals surface area contributed by atoms with Crippen LogP contribution in [0.25, 0.3) is 0 Å². The fraction of sp³-hybridized carbons (Fsp3) is 0.417. The highest BCUT2D eigenvalue weighted by Crippen LogP contribution is 2.31. The molecule has 0 radical (unpaired) electrons. The molecular weight excluding hydrogens is 261 g/mol. The Bertz CT molecular complexity index is 422. The molecule has 0 saturated heterocycles. The SMILES string of the molecule is NCCC(=O)NCCOc1cccc(C(F)(F)F)c1. The van der Waals surface area contributed by atoms with E-state index in [1.54, 1.807) is 0 Å². The lowest BCUT2D eigenvalue weighted by molar-refractivity contribution is -0.137. The van der Waals surface area contributed by atoms with Crippen molar-refractivity contribution in [1.82, 2.24) is 5.32 Å². The van der Waals surface area contributed by atoms with Crippen LogP contribution in [0.4, 0.5) is 13.2 Å². The Balaban J connectivity index is 2.40. The van der Waals surface area contributed by atoms with Gasteiger partial charge in [-0.1, -0.05) is 6.07 Å². The molecule has 0 heterocycles. The van der Waals surface area contributed by atoms with Crippen molar-refractivity contribution in [2.75, 3.05) is 19.7 Å². The maximum Gasteiger partial charge on any atom is 0.416 e. The van der Waals surface area contributed by atoms with Crippen LogP contribution < -0.4 is 15.8 Å². The van der Waals surface area contributed by atoms with Gasteiger partial charge < -0.3 is 15.8 Å². The van der Waals surface area contributed by atoms with E-state index in [2.05, 4.69) is 5.32 Å². The van der Waals surface area contributed by atoms with Gasteiger partial charge in [0.15, 0.2) is 0 Å². The second-order valence-electron chi connectivity index (χ2n) is 3.76. The highest BCUT2D eigenvalue weighted by molar-refractivity contribution is 5.75. The largest absolute Gasteiger partial charge is 0.492 e. The third-order valence-electron chi connectivity index (χ3n) is 2.23. The van der Waals surface area contributed by atoms with Gasteiger partial charge in [-0.3, -0.25) is 4.79 Å². The summed E-state index contributed by atoms with van der Waals surface area (Å²) < 4.78 is 42.4. The lowest BCUT2D eigenvalue weighted by Crippen LogP contribution is -2.29. The molecule has 3 N–H and O–H groups in total. The van der Waals surface area contributed by atoms with Crippen LogP contribution in [-0.2, 0) is 11.0 Å². The minimum Gasteiger partial charge on any atom is -0.492 e. The number of hydrogen-bond donors (Lipinski definition) is 2. The van der Waals surface area contributed by atoms with Gasteiger partial charge in [0, 0.05) is 13.0 Å². The van der Waals surface area contributed by atoms with Gasteiger partial charge in [0.25, 0.3) is 0 Å². The monoisotopic (exact) mass is 276 g/mol. The second-order valence-corrected chi connectivity index (χ2v) is 3.76. The van der Waals surface area contributed by atoms with Gasteiger partial charge in [-0.2, -0.15) is 13.2 Å². The maximum atomic E-state index is 12.4. The molecule has 1 rings (SSSR count). The number of hydrogen-bond acceptors (Lipinski definition) is 3. The number of carbonyl (C=O) groups is 1. The average molecular weight is 276 g/mol. The summed E-state index contributed by atoms with van der Waals surface area (Å²) in [6.07, 6.45) is -4.18. The number of nitrogens with one attached hydrogen (secondary N) is 1. The number of nitrogens with two attached hydrogens (primary N) is 1. The highest BCUT2D eigenvalue weighted by Gasteiger charge is 2.30. The number of amides is 1. The Kier molecular flexibility index (Phi) is 5.62. The van der Waals surface area contributed by atoms with Crippen molar-refractivity contribution in [2.45, 2.75) is 12.6 Å². The fourth-order valence-corrected chi connectivity index (χ4v) is 1.34. The zero-order valence-electron chi connectivity index (χ0n) is 10.2. The van der Waals surface area contributed by atoms with Crippen molar-refractivity contribution in [2.24, 2.45) is 5.73 Å². The summed E-state index contributed by atoms with van der Waals surface area (Å²) in [4.78, 5) is 11.0. The van der Waals surface area contributed by atoms with Crippen LogP contribution in [0.3, 0.4) is 0 Å². The molecule has 1 aromatic rings. The summed E-state index contributed by atoms with van der Waals surface area (Å²) in [5.41, 5.74) is 4.42. The van der Waals surface area contributed by atoms with Gasteiger partial charge in [0.05, 0.1) is 12.1 Å². The fourth-order valence-electron chi connectivity index (χ4n) is 1.34. The van der Waals surface area contributed by atoms with Crippen molar-refractivity contribution in [3.8, 4) is 5.75 Å². The minimum absolute atomic E-state index is 0.0949. The zero-order valence-corrected chi connectivity index (χ0v) is 10.2. The van der Waals surface area contributed by atoms with Crippen LogP contribution in [-0.4, -0.2) is 25.6 Å². The second kappa shape index (κ2) is 6.98. The summed E-state index contributed by atoms with van der Waals surface area (Å²) in [6, 6.07) is 4.58. The topological polar surface area (TPSA) is 64.4 Å². The van der Waals surface area contributed by atoms with Crippen molar-refractivity contribution in [3.05, 3.63) is 29.8 Å². The van der Waals surface area contributed by atoms with E-state index < -0.39 is 11.7 Å². The number of carbonyl (C=O) groups excluding carboxylic acids is 1. The number of rotatable bonds is 6. The number of benzene rings is 1. The molecule has 1 aromatic carbocycles.